The molecule has 2 aromatic rings. The zero-order valence-electron chi connectivity index (χ0n) is 14.9. The minimum absolute atomic E-state index is 0.225. The first-order valence-electron chi connectivity index (χ1n) is 8.32. The Balaban J connectivity index is 2.21. The van der Waals surface area contributed by atoms with E-state index in [0.717, 1.165) is 17.4 Å². The zero-order chi connectivity index (χ0) is 19.1. The quantitative estimate of drug-likeness (QED) is 0.885. The summed E-state index contributed by atoms with van der Waals surface area (Å²) in [5.41, 5.74) is 2.03. The molecular weight excluding hydrogens is 355 g/mol. The molecule has 6 heteroatoms. The second-order valence-electron chi connectivity index (χ2n) is 6.65. The molecule has 2 atom stereocenters. The van der Waals surface area contributed by atoms with Gasteiger partial charge >= 0.3 is 0 Å². The van der Waals surface area contributed by atoms with Crippen molar-refractivity contribution < 1.29 is 22.7 Å². The summed E-state index contributed by atoms with van der Waals surface area (Å²) in [6, 6.07) is 12.4. The zero-order valence-corrected chi connectivity index (χ0v) is 15.7. The van der Waals surface area contributed by atoms with Crippen LogP contribution >= 0.6 is 0 Å². The molecule has 3 rings (SSSR count). The van der Waals surface area contributed by atoms with Crippen LogP contribution in [0.2, 0.25) is 0 Å². The molecule has 0 bridgehead atoms. The number of ether oxygens (including phenoxy) is 1. The molecule has 0 saturated carbocycles. The number of hydrogen-bond acceptors (Lipinski definition) is 4. The monoisotopic (exact) mass is 376 g/mol. The van der Waals surface area contributed by atoms with Crippen molar-refractivity contribution >= 4 is 21.0 Å². The SMILES string of the molecule is CCC1(C)OC(O)C(c2ccc(F)cc2)=C1c1ccc(S(C)(=O)=O)cc1. The van der Waals surface area contributed by atoms with Crippen LogP contribution in [0.4, 0.5) is 4.39 Å². The second kappa shape index (κ2) is 6.61. The maximum Gasteiger partial charge on any atom is 0.183 e. The molecule has 138 valence electrons. The van der Waals surface area contributed by atoms with Gasteiger partial charge in [0.05, 0.1) is 10.5 Å². The van der Waals surface area contributed by atoms with Gasteiger partial charge in [0.2, 0.25) is 0 Å². The lowest BCUT2D eigenvalue weighted by molar-refractivity contribution is -0.109. The van der Waals surface area contributed by atoms with Crippen LogP contribution in [0.15, 0.2) is 53.4 Å². The highest BCUT2D eigenvalue weighted by Crippen LogP contribution is 2.47. The third-order valence-corrected chi connectivity index (χ3v) is 5.95. The maximum absolute atomic E-state index is 13.3. The Hall–Kier alpha value is -2.02. The van der Waals surface area contributed by atoms with Gasteiger partial charge in [-0.25, -0.2) is 12.8 Å². The summed E-state index contributed by atoms with van der Waals surface area (Å²) in [6.07, 6.45) is 0.622. The van der Waals surface area contributed by atoms with Crippen molar-refractivity contribution in [1.29, 1.82) is 0 Å². The van der Waals surface area contributed by atoms with Gasteiger partial charge in [-0.3, -0.25) is 0 Å². The fraction of sp³-hybridized carbons (Fsp3) is 0.300. The summed E-state index contributed by atoms with van der Waals surface area (Å²) in [5, 5.41) is 10.5. The summed E-state index contributed by atoms with van der Waals surface area (Å²) in [4.78, 5) is 0.225. The minimum atomic E-state index is -3.30. The van der Waals surface area contributed by atoms with Gasteiger partial charge in [0, 0.05) is 11.8 Å². The maximum atomic E-state index is 13.3. The van der Waals surface area contributed by atoms with Crippen molar-refractivity contribution in [2.24, 2.45) is 0 Å². The Morgan fingerprint density at radius 3 is 2.12 bits per heavy atom. The lowest BCUT2D eigenvalue weighted by atomic mass is 9.84. The van der Waals surface area contributed by atoms with Crippen LogP contribution in [-0.2, 0) is 14.6 Å². The average Bonchev–Trinajstić information content (AvgIpc) is 2.86. The molecule has 0 radical (unpaired) electrons. The summed E-state index contributed by atoms with van der Waals surface area (Å²) >= 11 is 0. The third-order valence-electron chi connectivity index (χ3n) is 4.82. The molecule has 4 nitrogen and oxygen atoms in total. The van der Waals surface area contributed by atoms with Crippen LogP contribution < -0.4 is 0 Å². The van der Waals surface area contributed by atoms with Crippen LogP contribution in [0.5, 0.6) is 0 Å². The summed E-state index contributed by atoms with van der Waals surface area (Å²) in [7, 11) is -3.30. The highest BCUT2D eigenvalue weighted by atomic mass is 32.2. The topological polar surface area (TPSA) is 63.6 Å². The van der Waals surface area contributed by atoms with Gasteiger partial charge in [0.15, 0.2) is 16.1 Å². The van der Waals surface area contributed by atoms with Gasteiger partial charge in [-0.05, 0) is 54.3 Å². The van der Waals surface area contributed by atoms with Gasteiger partial charge in [0.1, 0.15) is 5.82 Å². The standard InChI is InChI=1S/C20H21FO4S/c1-4-20(2)18(14-7-11-16(12-8-14)26(3,23)24)17(19(22)25-20)13-5-9-15(21)10-6-13/h5-12,19,22H,4H2,1-3H3. The van der Waals surface area contributed by atoms with E-state index in [1.165, 1.54) is 12.1 Å². The minimum Gasteiger partial charge on any atom is -0.364 e. The molecule has 0 aliphatic carbocycles. The van der Waals surface area contributed by atoms with Gasteiger partial charge in [0.25, 0.3) is 0 Å². The molecule has 0 fully saturated rings. The van der Waals surface area contributed by atoms with E-state index < -0.39 is 21.7 Å². The van der Waals surface area contributed by atoms with E-state index in [1.807, 2.05) is 13.8 Å². The van der Waals surface area contributed by atoms with Crippen LogP contribution in [0.1, 0.15) is 31.4 Å². The van der Waals surface area contributed by atoms with Crippen molar-refractivity contribution in [3.63, 3.8) is 0 Å². The molecule has 2 unspecified atom stereocenters. The Bertz CT molecular complexity index is 946. The smallest absolute Gasteiger partial charge is 0.183 e. The number of aliphatic hydroxyl groups is 1. The highest BCUT2D eigenvalue weighted by Gasteiger charge is 2.42. The fourth-order valence-electron chi connectivity index (χ4n) is 3.28. The van der Waals surface area contributed by atoms with Gasteiger partial charge < -0.3 is 9.84 Å². The summed E-state index contributed by atoms with van der Waals surface area (Å²) < 4.78 is 42.5. The molecule has 1 aliphatic heterocycles. The molecule has 26 heavy (non-hydrogen) atoms. The van der Waals surface area contributed by atoms with E-state index in [0.29, 0.717) is 17.6 Å². The highest BCUT2D eigenvalue weighted by molar-refractivity contribution is 7.90. The van der Waals surface area contributed by atoms with Gasteiger partial charge in [-0.1, -0.05) is 31.2 Å². The van der Waals surface area contributed by atoms with Crippen molar-refractivity contribution in [3.8, 4) is 0 Å². The number of hydrogen-bond donors (Lipinski definition) is 1. The van der Waals surface area contributed by atoms with Crippen molar-refractivity contribution in [3.05, 3.63) is 65.5 Å². The van der Waals surface area contributed by atoms with Crippen molar-refractivity contribution in [1.82, 2.24) is 0 Å². The Morgan fingerprint density at radius 1 is 1.08 bits per heavy atom. The van der Waals surface area contributed by atoms with Gasteiger partial charge in [-0.15, -0.1) is 0 Å². The third kappa shape index (κ3) is 3.32. The molecular formula is C20H21FO4S. The molecule has 1 N–H and O–H groups in total. The lowest BCUT2D eigenvalue weighted by Gasteiger charge is -2.26. The molecule has 1 heterocycles. The molecule has 0 amide bonds. The van der Waals surface area contributed by atoms with E-state index in [9.17, 15) is 17.9 Å². The second-order valence-corrected chi connectivity index (χ2v) is 8.66. The number of aliphatic hydroxyl groups excluding tert-OH is 1. The average molecular weight is 376 g/mol. The van der Waals surface area contributed by atoms with E-state index >= 15 is 0 Å². The number of halogens is 1. The molecule has 0 saturated heterocycles. The van der Waals surface area contributed by atoms with Crippen molar-refractivity contribution in [2.45, 2.75) is 37.1 Å². The fourth-order valence-corrected chi connectivity index (χ4v) is 3.91. The van der Waals surface area contributed by atoms with Crippen LogP contribution in [0.25, 0.3) is 11.1 Å². The number of sulfone groups is 1. The molecule has 1 aliphatic rings. The predicted molar refractivity (Wildman–Crippen MR) is 98.6 cm³/mol. The summed E-state index contributed by atoms with van der Waals surface area (Å²) in [5.74, 6) is -0.361. The predicted octanol–water partition coefficient (Wildman–Crippen LogP) is 3.66. The molecule has 0 spiro atoms. The van der Waals surface area contributed by atoms with Crippen molar-refractivity contribution in [2.75, 3.05) is 6.26 Å². The van der Waals surface area contributed by atoms with Crippen LogP contribution in [0.3, 0.4) is 0 Å². The van der Waals surface area contributed by atoms with E-state index in [-0.39, 0.29) is 10.7 Å². The van der Waals surface area contributed by atoms with Gasteiger partial charge in [-0.2, -0.15) is 0 Å². The first-order valence-corrected chi connectivity index (χ1v) is 10.2. The van der Waals surface area contributed by atoms with E-state index in [1.54, 1.807) is 36.4 Å². The Kier molecular flexibility index (Phi) is 4.77. The number of rotatable bonds is 4. The lowest BCUT2D eigenvalue weighted by Crippen LogP contribution is -2.27. The van der Waals surface area contributed by atoms with Crippen LogP contribution in [0, 0.1) is 5.82 Å². The molecule has 2 aromatic carbocycles. The summed E-state index contributed by atoms with van der Waals surface area (Å²) in [6.45, 7) is 3.83. The van der Waals surface area contributed by atoms with E-state index in [4.69, 9.17) is 4.74 Å². The molecule has 0 aromatic heterocycles. The van der Waals surface area contributed by atoms with E-state index in [2.05, 4.69) is 0 Å². The Morgan fingerprint density at radius 2 is 1.62 bits per heavy atom. The largest absolute Gasteiger partial charge is 0.364 e. The number of benzene rings is 2. The Labute approximate surface area is 152 Å². The first kappa shape index (κ1) is 18.8. The normalized spacial score (nSPS) is 23.5. The first-order chi connectivity index (χ1) is 12.2. The van der Waals surface area contributed by atoms with Crippen LogP contribution in [-0.4, -0.2) is 31.7 Å².